The Bertz CT molecular complexity index is 1090. The highest BCUT2D eigenvalue weighted by Gasteiger charge is 2.48. The number of rotatable bonds is 2. The fourth-order valence-corrected chi connectivity index (χ4v) is 5.17. The maximum atomic E-state index is 13.1. The van der Waals surface area contributed by atoms with Crippen LogP contribution in [0.3, 0.4) is 0 Å². The van der Waals surface area contributed by atoms with Crippen molar-refractivity contribution >= 4 is 35.4 Å². The quantitative estimate of drug-likeness (QED) is 0.669. The van der Waals surface area contributed by atoms with Gasteiger partial charge in [0.2, 0.25) is 11.8 Å². The first kappa shape index (κ1) is 21.4. The molecule has 2 bridgehead atoms. The minimum absolute atomic E-state index is 0.0235. The summed E-state index contributed by atoms with van der Waals surface area (Å²) < 4.78 is 5.51. The van der Waals surface area contributed by atoms with E-state index in [1.54, 1.807) is 23.1 Å². The number of piperazine rings is 1. The van der Waals surface area contributed by atoms with Crippen LogP contribution < -0.4 is 10.2 Å². The van der Waals surface area contributed by atoms with Gasteiger partial charge < -0.3 is 14.5 Å². The second-order valence-electron chi connectivity index (χ2n) is 10.0. The molecule has 5 rings (SSSR count). The zero-order chi connectivity index (χ0) is 23.7. The minimum Gasteiger partial charge on any atom is -0.444 e. The highest BCUT2D eigenvalue weighted by atomic mass is 16.6. The Morgan fingerprint density at radius 2 is 1.76 bits per heavy atom. The van der Waals surface area contributed by atoms with Crippen molar-refractivity contribution < 1.29 is 28.7 Å². The van der Waals surface area contributed by atoms with Crippen LogP contribution in [0.25, 0.3) is 0 Å². The molecule has 1 unspecified atom stereocenters. The van der Waals surface area contributed by atoms with Gasteiger partial charge in [0, 0.05) is 31.2 Å². The molecule has 4 aliphatic heterocycles. The summed E-state index contributed by atoms with van der Waals surface area (Å²) >= 11 is 0. The van der Waals surface area contributed by atoms with Gasteiger partial charge in [0.1, 0.15) is 11.6 Å². The van der Waals surface area contributed by atoms with Gasteiger partial charge in [-0.3, -0.25) is 29.4 Å². The number of piperidine rings is 1. The van der Waals surface area contributed by atoms with Crippen molar-refractivity contribution in [1.29, 1.82) is 0 Å². The van der Waals surface area contributed by atoms with Crippen molar-refractivity contribution in [2.75, 3.05) is 18.0 Å². The molecular formula is C23H26N4O6. The Morgan fingerprint density at radius 1 is 1.03 bits per heavy atom. The van der Waals surface area contributed by atoms with E-state index in [0.29, 0.717) is 13.1 Å². The smallest absolute Gasteiger partial charge is 0.410 e. The maximum absolute atomic E-state index is 13.1. The Morgan fingerprint density at radius 3 is 2.39 bits per heavy atom. The molecular weight excluding hydrogens is 428 g/mol. The summed E-state index contributed by atoms with van der Waals surface area (Å²) in [5.41, 5.74) is 0.762. The second kappa shape index (κ2) is 7.29. The molecule has 5 amide bonds. The van der Waals surface area contributed by atoms with Crippen LogP contribution in [0.4, 0.5) is 10.5 Å². The molecule has 0 radical (unpaired) electrons. The molecule has 3 fully saturated rings. The van der Waals surface area contributed by atoms with Gasteiger partial charge >= 0.3 is 6.09 Å². The van der Waals surface area contributed by atoms with Crippen molar-refractivity contribution in [2.45, 2.75) is 63.8 Å². The molecule has 174 valence electrons. The van der Waals surface area contributed by atoms with Crippen LogP contribution in [0.15, 0.2) is 18.2 Å². The van der Waals surface area contributed by atoms with Gasteiger partial charge in [0.15, 0.2) is 0 Å². The third-order valence-corrected chi connectivity index (χ3v) is 6.62. The Hall–Kier alpha value is -3.43. The van der Waals surface area contributed by atoms with Crippen molar-refractivity contribution in [3.8, 4) is 0 Å². The van der Waals surface area contributed by atoms with E-state index >= 15 is 0 Å². The van der Waals surface area contributed by atoms with Crippen LogP contribution in [0.5, 0.6) is 0 Å². The molecule has 10 nitrogen and oxygen atoms in total. The fraction of sp³-hybridized carbons (Fsp3) is 0.522. The molecule has 10 heteroatoms. The number of anilines is 1. The lowest BCUT2D eigenvalue weighted by Crippen LogP contribution is -2.54. The first-order chi connectivity index (χ1) is 15.5. The number of carbonyl (C=O) groups excluding carboxylic acids is 5. The van der Waals surface area contributed by atoms with E-state index in [0.717, 1.165) is 17.0 Å². The first-order valence-corrected chi connectivity index (χ1v) is 11.2. The Kier molecular flexibility index (Phi) is 4.73. The number of hydrogen-bond acceptors (Lipinski definition) is 7. The van der Waals surface area contributed by atoms with E-state index < -0.39 is 35.3 Å². The molecule has 4 aliphatic rings. The topological polar surface area (TPSA) is 116 Å². The van der Waals surface area contributed by atoms with Crippen molar-refractivity contribution in [3.63, 3.8) is 0 Å². The van der Waals surface area contributed by atoms with Crippen molar-refractivity contribution in [1.82, 2.24) is 15.1 Å². The molecule has 4 heterocycles. The predicted octanol–water partition coefficient (Wildman–Crippen LogP) is 1.29. The molecule has 33 heavy (non-hydrogen) atoms. The molecule has 0 aliphatic carbocycles. The summed E-state index contributed by atoms with van der Waals surface area (Å²) in [4.78, 5) is 67.1. The highest BCUT2D eigenvalue weighted by molar-refractivity contribution is 6.23. The number of fused-ring (bicyclic) bond motifs is 3. The van der Waals surface area contributed by atoms with Crippen LogP contribution >= 0.6 is 0 Å². The molecule has 3 saturated heterocycles. The predicted molar refractivity (Wildman–Crippen MR) is 116 cm³/mol. The number of benzene rings is 1. The van der Waals surface area contributed by atoms with Crippen LogP contribution in [0.2, 0.25) is 0 Å². The zero-order valence-electron chi connectivity index (χ0n) is 18.8. The third kappa shape index (κ3) is 3.53. The van der Waals surface area contributed by atoms with Crippen molar-refractivity contribution in [3.05, 3.63) is 29.3 Å². The SMILES string of the molecule is CC(C)(C)OC(=O)N1C[C@@H]2C[C@H]1CN2c1ccc2c(c1)C(=O)N(C1CCC(=O)NC1=O)C2=O. The van der Waals surface area contributed by atoms with E-state index in [1.165, 1.54) is 0 Å². The molecule has 0 spiro atoms. The monoisotopic (exact) mass is 454 g/mol. The summed E-state index contributed by atoms with van der Waals surface area (Å²) in [6.45, 7) is 6.67. The number of hydrogen-bond donors (Lipinski definition) is 1. The molecule has 1 aromatic rings. The number of amides is 5. The van der Waals surface area contributed by atoms with Gasteiger partial charge in [-0.1, -0.05) is 0 Å². The minimum atomic E-state index is -0.983. The lowest BCUT2D eigenvalue weighted by Gasteiger charge is -2.36. The van der Waals surface area contributed by atoms with E-state index in [9.17, 15) is 24.0 Å². The molecule has 1 N–H and O–H groups in total. The standard InChI is InChI=1S/C23H26N4O6/c1-23(2,3)33-22(32)26-11-13-8-14(26)10-25(13)12-4-5-15-16(9-12)21(31)27(20(15)30)17-6-7-18(28)24-19(17)29/h4-5,9,13-14,17H,6-8,10-11H2,1-3H3,(H,24,28,29)/t13-,14-,17?/m0/s1. The number of ether oxygens (including phenoxy) is 1. The lowest BCUT2D eigenvalue weighted by atomic mass is 10.0. The van der Waals surface area contributed by atoms with Crippen molar-refractivity contribution in [2.24, 2.45) is 0 Å². The number of nitrogens with one attached hydrogen (secondary N) is 1. The molecule has 1 aromatic carbocycles. The Labute approximate surface area is 190 Å². The van der Waals surface area contributed by atoms with Gasteiger partial charge in [-0.2, -0.15) is 0 Å². The number of imide groups is 2. The van der Waals surface area contributed by atoms with Gasteiger partial charge in [-0.05, 0) is 51.8 Å². The second-order valence-corrected chi connectivity index (χ2v) is 10.0. The normalized spacial score (nSPS) is 26.8. The number of likely N-dealkylation sites (tertiary alicyclic amines) is 1. The van der Waals surface area contributed by atoms with E-state index in [2.05, 4.69) is 10.2 Å². The van der Waals surface area contributed by atoms with Crippen LogP contribution in [-0.4, -0.2) is 76.3 Å². The van der Waals surface area contributed by atoms with Crippen LogP contribution in [0, 0.1) is 0 Å². The van der Waals surface area contributed by atoms with E-state index in [1.807, 2.05) is 20.8 Å². The largest absolute Gasteiger partial charge is 0.444 e. The van der Waals surface area contributed by atoms with E-state index in [4.69, 9.17) is 4.74 Å². The summed E-state index contributed by atoms with van der Waals surface area (Å²) in [6, 6.07) is 4.25. The number of carbonyl (C=O) groups is 5. The fourth-order valence-electron chi connectivity index (χ4n) is 5.17. The number of nitrogens with zero attached hydrogens (tertiary/aromatic N) is 3. The summed E-state index contributed by atoms with van der Waals surface area (Å²) in [5, 5.41) is 2.20. The average molecular weight is 454 g/mol. The zero-order valence-corrected chi connectivity index (χ0v) is 18.8. The summed E-state index contributed by atoms with van der Waals surface area (Å²) in [7, 11) is 0. The Balaban J connectivity index is 1.33. The first-order valence-electron chi connectivity index (χ1n) is 11.2. The van der Waals surface area contributed by atoms with Gasteiger partial charge in [0.05, 0.1) is 17.2 Å². The van der Waals surface area contributed by atoms with Crippen LogP contribution in [0.1, 0.15) is 60.7 Å². The average Bonchev–Trinajstić information content (AvgIpc) is 3.40. The molecule has 0 aromatic heterocycles. The highest BCUT2D eigenvalue weighted by Crippen LogP contribution is 2.37. The molecule has 0 saturated carbocycles. The van der Waals surface area contributed by atoms with Gasteiger partial charge in [-0.25, -0.2) is 4.79 Å². The summed E-state index contributed by atoms with van der Waals surface area (Å²) in [6.07, 6.45) is 0.703. The maximum Gasteiger partial charge on any atom is 0.410 e. The summed E-state index contributed by atoms with van der Waals surface area (Å²) in [5.74, 6) is -2.07. The van der Waals surface area contributed by atoms with Gasteiger partial charge in [0.25, 0.3) is 11.8 Å². The molecule has 3 atom stereocenters. The van der Waals surface area contributed by atoms with E-state index in [-0.39, 0.29) is 42.1 Å². The van der Waals surface area contributed by atoms with Gasteiger partial charge in [-0.15, -0.1) is 0 Å². The third-order valence-electron chi connectivity index (χ3n) is 6.62. The lowest BCUT2D eigenvalue weighted by molar-refractivity contribution is -0.136. The van der Waals surface area contributed by atoms with Crippen LogP contribution in [-0.2, 0) is 14.3 Å².